The van der Waals surface area contributed by atoms with Crippen molar-refractivity contribution in [1.29, 1.82) is 0 Å². The molecule has 0 amide bonds. The predicted molar refractivity (Wildman–Crippen MR) is 71.8 cm³/mol. The zero-order chi connectivity index (χ0) is 15.2. The maximum absolute atomic E-state index is 12.6. The normalized spacial score (nSPS) is 11.0. The van der Waals surface area contributed by atoms with Crippen molar-refractivity contribution >= 4 is 5.69 Å². The second kappa shape index (κ2) is 6.97. The molecule has 2 aromatic carbocycles. The molecule has 1 N–H and O–H groups in total. The van der Waals surface area contributed by atoms with Crippen LogP contribution in [0.4, 0.5) is 23.2 Å². The van der Waals surface area contributed by atoms with E-state index < -0.39 is 13.0 Å². The molecule has 0 aliphatic heterocycles. The molecule has 0 fully saturated rings. The molecule has 0 spiro atoms. The molecule has 21 heavy (non-hydrogen) atoms. The van der Waals surface area contributed by atoms with Gasteiger partial charge in [-0.2, -0.15) is 8.78 Å². The second-order valence-corrected chi connectivity index (χ2v) is 4.31. The summed E-state index contributed by atoms with van der Waals surface area (Å²) >= 11 is 0. The highest BCUT2D eigenvalue weighted by Gasteiger charge is 2.07. The summed E-state index contributed by atoms with van der Waals surface area (Å²) in [5, 5.41) is 2.97. The van der Waals surface area contributed by atoms with Crippen LogP contribution in [0, 0.1) is 0 Å². The van der Waals surface area contributed by atoms with Gasteiger partial charge in [-0.05, 0) is 23.8 Å². The molecular formula is C15H13F4NO. The van der Waals surface area contributed by atoms with E-state index in [9.17, 15) is 17.6 Å². The van der Waals surface area contributed by atoms with E-state index in [1.54, 1.807) is 24.3 Å². The Morgan fingerprint density at radius 3 is 2.43 bits per heavy atom. The first-order valence-electron chi connectivity index (χ1n) is 6.20. The summed E-state index contributed by atoms with van der Waals surface area (Å²) < 4.78 is 53.7. The number of ether oxygens (including phenoxy) is 1. The first-order chi connectivity index (χ1) is 10.0. The van der Waals surface area contributed by atoms with Crippen molar-refractivity contribution in [3.05, 3.63) is 59.7 Å². The number of hydrogen-bond acceptors (Lipinski definition) is 2. The Kier molecular flexibility index (Phi) is 5.03. The minimum absolute atomic E-state index is 0.0383. The molecule has 0 aromatic heterocycles. The van der Waals surface area contributed by atoms with E-state index in [-0.39, 0.29) is 11.3 Å². The predicted octanol–water partition coefficient (Wildman–Crippen LogP) is 4.84. The molecule has 0 heterocycles. The fourth-order valence-corrected chi connectivity index (χ4v) is 1.83. The van der Waals surface area contributed by atoms with Gasteiger partial charge in [0, 0.05) is 23.9 Å². The molecule has 0 bridgehead atoms. The van der Waals surface area contributed by atoms with Crippen LogP contribution >= 0.6 is 0 Å². The second-order valence-electron chi connectivity index (χ2n) is 4.31. The molecule has 2 aromatic rings. The van der Waals surface area contributed by atoms with Crippen LogP contribution in [0.2, 0.25) is 0 Å². The van der Waals surface area contributed by atoms with Gasteiger partial charge in [0.05, 0.1) is 0 Å². The first-order valence-corrected chi connectivity index (χ1v) is 6.20. The lowest BCUT2D eigenvalue weighted by atomic mass is 10.1. The standard InChI is InChI=1S/C15H13F4NO/c16-14(17)11-4-1-3-10(7-11)9-20-12-5-2-6-13(8-12)21-15(18)19/h1-8,14-15,20H,9H2. The molecule has 112 valence electrons. The van der Waals surface area contributed by atoms with Crippen LogP contribution in [0.25, 0.3) is 0 Å². The molecule has 0 aliphatic rings. The number of alkyl halides is 4. The van der Waals surface area contributed by atoms with Gasteiger partial charge in [-0.15, -0.1) is 0 Å². The molecule has 0 saturated heterocycles. The van der Waals surface area contributed by atoms with Gasteiger partial charge in [0.15, 0.2) is 0 Å². The highest BCUT2D eigenvalue weighted by molar-refractivity contribution is 5.48. The molecule has 0 aliphatic carbocycles. The van der Waals surface area contributed by atoms with Crippen LogP contribution in [0.15, 0.2) is 48.5 Å². The van der Waals surface area contributed by atoms with Crippen LogP contribution in [0.1, 0.15) is 17.6 Å². The third-order valence-corrected chi connectivity index (χ3v) is 2.76. The highest BCUT2D eigenvalue weighted by atomic mass is 19.3. The average molecular weight is 299 g/mol. The summed E-state index contributed by atoms with van der Waals surface area (Å²) in [6.45, 7) is -2.58. The minimum Gasteiger partial charge on any atom is -0.435 e. The zero-order valence-electron chi connectivity index (χ0n) is 10.9. The van der Waals surface area contributed by atoms with Crippen molar-refractivity contribution in [3.8, 4) is 5.75 Å². The topological polar surface area (TPSA) is 21.3 Å². The molecule has 2 nitrogen and oxygen atoms in total. The Labute approximate surface area is 119 Å². The molecule has 0 unspecified atom stereocenters. The fraction of sp³-hybridized carbons (Fsp3) is 0.200. The van der Waals surface area contributed by atoms with Gasteiger partial charge < -0.3 is 10.1 Å². The Morgan fingerprint density at radius 2 is 1.71 bits per heavy atom. The largest absolute Gasteiger partial charge is 0.435 e. The van der Waals surface area contributed by atoms with Gasteiger partial charge in [-0.3, -0.25) is 0 Å². The maximum atomic E-state index is 12.6. The van der Waals surface area contributed by atoms with E-state index in [0.717, 1.165) is 0 Å². The smallest absolute Gasteiger partial charge is 0.387 e. The van der Waals surface area contributed by atoms with E-state index >= 15 is 0 Å². The quantitative estimate of drug-likeness (QED) is 0.771. The zero-order valence-corrected chi connectivity index (χ0v) is 10.9. The number of benzene rings is 2. The Balaban J connectivity index is 2.01. The van der Waals surface area contributed by atoms with Crippen LogP contribution in [0.3, 0.4) is 0 Å². The molecule has 0 saturated carbocycles. The molecule has 0 radical (unpaired) electrons. The summed E-state index contributed by atoms with van der Waals surface area (Å²) in [6.07, 6.45) is -2.52. The lowest BCUT2D eigenvalue weighted by molar-refractivity contribution is -0.0498. The van der Waals surface area contributed by atoms with Gasteiger partial charge in [0.25, 0.3) is 6.43 Å². The van der Waals surface area contributed by atoms with Crippen LogP contribution in [0.5, 0.6) is 5.75 Å². The lowest BCUT2D eigenvalue weighted by Gasteiger charge is -2.10. The average Bonchev–Trinajstić information content (AvgIpc) is 2.45. The van der Waals surface area contributed by atoms with Gasteiger partial charge in [0.1, 0.15) is 5.75 Å². The number of hydrogen-bond donors (Lipinski definition) is 1. The number of rotatable bonds is 6. The fourth-order valence-electron chi connectivity index (χ4n) is 1.83. The van der Waals surface area contributed by atoms with Crippen LogP contribution in [-0.2, 0) is 6.54 Å². The Bertz CT molecular complexity index is 589. The third-order valence-electron chi connectivity index (χ3n) is 2.76. The van der Waals surface area contributed by atoms with E-state index in [4.69, 9.17) is 0 Å². The van der Waals surface area contributed by atoms with Crippen LogP contribution in [-0.4, -0.2) is 6.61 Å². The van der Waals surface area contributed by atoms with Gasteiger partial charge >= 0.3 is 6.61 Å². The van der Waals surface area contributed by atoms with Gasteiger partial charge in [-0.25, -0.2) is 8.78 Å². The highest BCUT2D eigenvalue weighted by Crippen LogP contribution is 2.22. The van der Waals surface area contributed by atoms with E-state index in [0.29, 0.717) is 17.8 Å². The first kappa shape index (κ1) is 15.2. The summed E-state index contributed by atoms with van der Waals surface area (Å²) in [5.74, 6) is 0.0383. The monoisotopic (exact) mass is 299 g/mol. The minimum atomic E-state index is -2.89. The summed E-state index contributed by atoms with van der Waals surface area (Å²) in [4.78, 5) is 0. The van der Waals surface area contributed by atoms with Crippen molar-refractivity contribution in [2.45, 2.75) is 19.6 Å². The van der Waals surface area contributed by atoms with Crippen molar-refractivity contribution in [1.82, 2.24) is 0 Å². The van der Waals surface area contributed by atoms with Crippen molar-refractivity contribution < 1.29 is 22.3 Å². The van der Waals surface area contributed by atoms with Crippen molar-refractivity contribution in [2.24, 2.45) is 0 Å². The summed E-state index contributed by atoms with van der Waals surface area (Å²) in [6, 6.07) is 12.1. The number of anilines is 1. The van der Waals surface area contributed by atoms with E-state index in [2.05, 4.69) is 10.1 Å². The number of halogens is 4. The van der Waals surface area contributed by atoms with E-state index in [1.165, 1.54) is 24.3 Å². The summed E-state index contributed by atoms with van der Waals surface area (Å²) in [7, 11) is 0. The van der Waals surface area contributed by atoms with Gasteiger partial charge in [0.2, 0.25) is 0 Å². The van der Waals surface area contributed by atoms with Crippen molar-refractivity contribution in [2.75, 3.05) is 5.32 Å². The number of nitrogens with one attached hydrogen (secondary N) is 1. The van der Waals surface area contributed by atoms with E-state index in [1.807, 2.05) is 0 Å². The Morgan fingerprint density at radius 1 is 0.952 bits per heavy atom. The van der Waals surface area contributed by atoms with Crippen molar-refractivity contribution in [3.63, 3.8) is 0 Å². The third kappa shape index (κ3) is 4.66. The summed E-state index contributed by atoms with van der Waals surface area (Å²) in [5.41, 5.74) is 1.19. The maximum Gasteiger partial charge on any atom is 0.387 e. The lowest BCUT2D eigenvalue weighted by Crippen LogP contribution is -2.03. The van der Waals surface area contributed by atoms with Crippen LogP contribution < -0.4 is 10.1 Å². The van der Waals surface area contributed by atoms with Gasteiger partial charge in [-0.1, -0.05) is 24.3 Å². The molecule has 6 heteroatoms. The SMILES string of the molecule is FC(F)Oc1cccc(NCc2cccc(C(F)F)c2)c1. The Hall–Kier alpha value is -2.24. The molecule has 0 atom stereocenters. The molecule has 2 rings (SSSR count). The molecular weight excluding hydrogens is 286 g/mol.